The van der Waals surface area contributed by atoms with Gasteiger partial charge in [-0.3, -0.25) is 0 Å². The molecule has 4 aromatic rings. The molecule has 0 saturated heterocycles. The van der Waals surface area contributed by atoms with Crippen molar-refractivity contribution in [1.29, 1.82) is 0 Å². The molecule has 14 heteroatoms. The summed E-state index contributed by atoms with van der Waals surface area (Å²) in [6.07, 6.45) is 2.12. The summed E-state index contributed by atoms with van der Waals surface area (Å²) in [6, 6.07) is 9.01. The summed E-state index contributed by atoms with van der Waals surface area (Å²) in [5.74, 6) is 3.38. The molecule has 1 aliphatic carbocycles. The van der Waals surface area contributed by atoms with Crippen LogP contribution in [0.1, 0.15) is 30.7 Å². The Labute approximate surface area is 277 Å². The van der Waals surface area contributed by atoms with Gasteiger partial charge in [-0.2, -0.15) is 0 Å². The fraction of sp³-hybridized carbons (Fsp3) is 0.382. The van der Waals surface area contributed by atoms with E-state index >= 15 is 0 Å². The summed E-state index contributed by atoms with van der Waals surface area (Å²) >= 11 is 0. The van der Waals surface area contributed by atoms with Gasteiger partial charge < -0.3 is 47.8 Å². The van der Waals surface area contributed by atoms with Crippen LogP contribution in [0.3, 0.4) is 0 Å². The highest BCUT2D eigenvalue weighted by molar-refractivity contribution is 6.13. The number of rotatable bonds is 10. The first kappa shape index (κ1) is 32.6. The van der Waals surface area contributed by atoms with E-state index in [-0.39, 0.29) is 25.0 Å². The molecule has 14 nitrogen and oxygen atoms in total. The highest BCUT2D eigenvalue weighted by Crippen LogP contribution is 2.57. The number of oxime groups is 1. The molecule has 2 heterocycles. The van der Waals surface area contributed by atoms with E-state index in [0.717, 1.165) is 5.56 Å². The van der Waals surface area contributed by atoms with Gasteiger partial charge in [0.05, 0.1) is 48.9 Å². The standard InChI is InChI=1S/C34H38N4O10/c1-18-11-19-12-26-30(47-17-46-26)31(44-7)27(19)28-22(14-25(42-5)29(43-6)32(28)45-8)33(34(18,2)39)36-48-16-20-15-38(37-35-20)23-13-21(40-3)9-10-24(23)41-4/h9-10,12-15,18,39H,11,16-17H2,1-8H3/b36-33+/t18-,34+/m0/s1. The molecule has 0 unspecified atom stereocenters. The first-order valence-corrected chi connectivity index (χ1v) is 15.1. The van der Waals surface area contributed by atoms with Gasteiger partial charge in [0.15, 0.2) is 29.6 Å². The second-order valence-electron chi connectivity index (χ2n) is 11.4. The van der Waals surface area contributed by atoms with Crippen LogP contribution >= 0.6 is 0 Å². The summed E-state index contributed by atoms with van der Waals surface area (Å²) in [4.78, 5) is 5.94. The summed E-state index contributed by atoms with van der Waals surface area (Å²) in [5.41, 5.74) is 2.39. The Kier molecular flexibility index (Phi) is 8.84. The van der Waals surface area contributed by atoms with Crippen molar-refractivity contribution in [2.45, 2.75) is 32.5 Å². The van der Waals surface area contributed by atoms with E-state index in [0.29, 0.717) is 80.5 Å². The molecule has 2 aliphatic rings. The molecule has 3 aromatic carbocycles. The monoisotopic (exact) mass is 662 g/mol. The number of nitrogens with zero attached hydrogens (tertiary/aromatic N) is 4. The van der Waals surface area contributed by atoms with Crippen molar-refractivity contribution >= 4 is 5.71 Å². The van der Waals surface area contributed by atoms with Crippen LogP contribution in [0.5, 0.6) is 46.0 Å². The molecule has 0 spiro atoms. The molecule has 0 radical (unpaired) electrons. The van der Waals surface area contributed by atoms with Gasteiger partial charge in [0.1, 0.15) is 34.2 Å². The molecule has 1 aliphatic heterocycles. The number of hydrogen-bond donors (Lipinski definition) is 1. The molecule has 1 N–H and O–H groups in total. The lowest BCUT2D eigenvalue weighted by atomic mass is 9.73. The van der Waals surface area contributed by atoms with Gasteiger partial charge in [0, 0.05) is 22.8 Å². The minimum Gasteiger partial charge on any atom is -0.497 e. The lowest BCUT2D eigenvalue weighted by molar-refractivity contribution is 0.0625. The van der Waals surface area contributed by atoms with E-state index in [1.807, 2.05) is 13.0 Å². The van der Waals surface area contributed by atoms with Crippen LogP contribution in [0.4, 0.5) is 0 Å². The summed E-state index contributed by atoms with van der Waals surface area (Å²) in [5, 5.41) is 25.3. The Balaban J connectivity index is 1.49. The molecule has 1 aromatic heterocycles. The van der Waals surface area contributed by atoms with Crippen molar-refractivity contribution in [2.75, 3.05) is 49.5 Å². The topological polar surface area (TPSA) is 146 Å². The Hall–Kier alpha value is -5.37. The minimum atomic E-state index is -1.51. The third-order valence-electron chi connectivity index (χ3n) is 8.75. The zero-order valence-corrected chi connectivity index (χ0v) is 28.1. The van der Waals surface area contributed by atoms with Crippen molar-refractivity contribution in [2.24, 2.45) is 11.1 Å². The maximum atomic E-state index is 12.2. The highest BCUT2D eigenvalue weighted by atomic mass is 16.7. The number of ether oxygens (including phenoxy) is 8. The Morgan fingerprint density at radius 1 is 0.896 bits per heavy atom. The molecule has 48 heavy (non-hydrogen) atoms. The lowest BCUT2D eigenvalue weighted by Gasteiger charge is -2.36. The maximum absolute atomic E-state index is 12.2. The second-order valence-corrected chi connectivity index (χ2v) is 11.4. The van der Waals surface area contributed by atoms with Crippen LogP contribution in [0, 0.1) is 5.92 Å². The number of methoxy groups -OCH3 is 6. The molecule has 0 amide bonds. The summed E-state index contributed by atoms with van der Waals surface area (Å²) in [7, 11) is 9.30. The lowest BCUT2D eigenvalue weighted by Crippen LogP contribution is -2.44. The molecule has 2 atom stereocenters. The quantitative estimate of drug-likeness (QED) is 0.237. The molecule has 0 saturated carbocycles. The van der Waals surface area contributed by atoms with Gasteiger partial charge >= 0.3 is 0 Å². The van der Waals surface area contributed by atoms with Gasteiger partial charge in [-0.05, 0) is 49.1 Å². The molecule has 0 bridgehead atoms. The van der Waals surface area contributed by atoms with Crippen molar-refractivity contribution in [3.05, 3.63) is 53.3 Å². The number of aliphatic hydroxyl groups is 1. The van der Waals surface area contributed by atoms with Crippen LogP contribution < -0.4 is 37.9 Å². The number of hydrogen-bond acceptors (Lipinski definition) is 13. The SMILES string of the molecule is COc1ccc(OC)c(-n2cc(CO/N=C3\c4cc(OC)c(OC)c(OC)c4-c4c(cc5c(c4OC)OCO5)C[C@H](C)[C@@]3(C)O)nn2)c1. The van der Waals surface area contributed by atoms with Crippen LogP contribution in [0.2, 0.25) is 0 Å². The van der Waals surface area contributed by atoms with Crippen LogP contribution in [-0.4, -0.2) is 80.9 Å². The van der Waals surface area contributed by atoms with Crippen molar-refractivity contribution in [1.82, 2.24) is 15.0 Å². The Bertz CT molecular complexity index is 1870. The van der Waals surface area contributed by atoms with Crippen LogP contribution in [0.15, 0.2) is 41.7 Å². The third kappa shape index (κ3) is 5.41. The van der Waals surface area contributed by atoms with Gasteiger partial charge in [0.2, 0.25) is 18.3 Å². The molecule has 254 valence electrons. The molecule has 6 rings (SSSR count). The van der Waals surface area contributed by atoms with Gasteiger partial charge in [-0.1, -0.05) is 17.3 Å². The number of fused-ring (bicyclic) bond motifs is 4. The first-order chi connectivity index (χ1) is 23.2. The van der Waals surface area contributed by atoms with E-state index in [2.05, 4.69) is 15.5 Å². The zero-order valence-electron chi connectivity index (χ0n) is 28.1. The number of aromatic nitrogens is 3. The first-order valence-electron chi connectivity index (χ1n) is 15.1. The van der Waals surface area contributed by atoms with Crippen molar-refractivity contribution < 1.29 is 47.8 Å². The van der Waals surface area contributed by atoms with Crippen molar-refractivity contribution in [3.63, 3.8) is 0 Å². The zero-order chi connectivity index (χ0) is 34.2. The predicted octanol–water partition coefficient (Wildman–Crippen LogP) is 4.58. The molecular formula is C34H38N4O10. The van der Waals surface area contributed by atoms with Gasteiger partial charge in [-0.15, -0.1) is 5.10 Å². The van der Waals surface area contributed by atoms with Crippen LogP contribution in [0.25, 0.3) is 16.8 Å². The molecule has 0 fully saturated rings. The van der Waals surface area contributed by atoms with E-state index < -0.39 is 5.60 Å². The molecular weight excluding hydrogens is 624 g/mol. The van der Waals surface area contributed by atoms with E-state index in [1.165, 1.54) is 21.3 Å². The van der Waals surface area contributed by atoms with Gasteiger partial charge in [0.25, 0.3) is 0 Å². The normalized spacial score (nSPS) is 18.7. The Morgan fingerprint density at radius 3 is 2.33 bits per heavy atom. The van der Waals surface area contributed by atoms with E-state index in [4.69, 9.17) is 42.7 Å². The predicted molar refractivity (Wildman–Crippen MR) is 173 cm³/mol. The maximum Gasteiger partial charge on any atom is 0.231 e. The fourth-order valence-electron chi connectivity index (χ4n) is 6.08. The Morgan fingerprint density at radius 2 is 1.65 bits per heavy atom. The summed E-state index contributed by atoms with van der Waals surface area (Å²) in [6.45, 7) is 3.63. The van der Waals surface area contributed by atoms with E-state index in [9.17, 15) is 5.11 Å². The van der Waals surface area contributed by atoms with Gasteiger partial charge in [-0.25, -0.2) is 4.68 Å². The van der Waals surface area contributed by atoms with Crippen molar-refractivity contribution in [3.8, 4) is 62.8 Å². The summed E-state index contributed by atoms with van der Waals surface area (Å²) < 4.78 is 47.5. The average molecular weight is 663 g/mol. The smallest absolute Gasteiger partial charge is 0.231 e. The minimum absolute atomic E-state index is 0.0492. The number of benzene rings is 3. The highest BCUT2D eigenvalue weighted by Gasteiger charge is 2.43. The van der Waals surface area contributed by atoms with Crippen LogP contribution in [-0.2, 0) is 17.9 Å². The average Bonchev–Trinajstić information content (AvgIpc) is 3.77. The second kappa shape index (κ2) is 13.0. The largest absolute Gasteiger partial charge is 0.497 e. The fourth-order valence-corrected chi connectivity index (χ4v) is 6.08. The van der Waals surface area contributed by atoms with E-state index in [1.54, 1.807) is 63.4 Å². The third-order valence-corrected chi connectivity index (χ3v) is 8.75.